The van der Waals surface area contributed by atoms with Crippen LogP contribution in [0.2, 0.25) is 0 Å². The van der Waals surface area contributed by atoms with Crippen LogP contribution in [0.25, 0.3) is 0 Å². The third kappa shape index (κ3) is 3.33. The van der Waals surface area contributed by atoms with Gasteiger partial charge >= 0.3 is 5.97 Å². The highest BCUT2D eigenvalue weighted by Gasteiger charge is 2.23. The minimum Gasteiger partial charge on any atom is -0.479 e. The Hall–Kier alpha value is -1.95. The zero-order chi connectivity index (χ0) is 14.7. The number of halogens is 3. The minimum absolute atomic E-state index is 0.00352. The Balaban J connectivity index is 2.34. The molecule has 2 N–H and O–H groups in total. The molecule has 0 aliphatic carbocycles. The van der Waals surface area contributed by atoms with Crippen molar-refractivity contribution in [3.8, 4) is 0 Å². The Kier molecular flexibility index (Phi) is 4.34. The van der Waals surface area contributed by atoms with Gasteiger partial charge in [-0.3, -0.25) is 0 Å². The molecular weight excluding hydrogens is 332 g/mol. The van der Waals surface area contributed by atoms with Gasteiger partial charge in [0.2, 0.25) is 0 Å². The zero-order valence-electron chi connectivity index (χ0n) is 10.1. The predicted octanol–water partition coefficient (Wildman–Crippen LogP) is 3.97. The number of nitrogens with one attached hydrogen (secondary N) is 1. The molecule has 0 amide bonds. The van der Waals surface area contributed by atoms with Crippen LogP contribution in [0.3, 0.4) is 0 Å². The molecular formula is C14H10BrF2NO2. The Morgan fingerprint density at radius 2 is 1.80 bits per heavy atom. The number of aliphatic carboxylic acids is 1. The number of hydrogen-bond donors (Lipinski definition) is 2. The van der Waals surface area contributed by atoms with Gasteiger partial charge in [0, 0.05) is 15.7 Å². The second kappa shape index (κ2) is 6.00. The van der Waals surface area contributed by atoms with Crippen molar-refractivity contribution >= 4 is 27.6 Å². The van der Waals surface area contributed by atoms with Gasteiger partial charge in [0.05, 0.1) is 0 Å². The summed E-state index contributed by atoms with van der Waals surface area (Å²) in [6.45, 7) is 0. The van der Waals surface area contributed by atoms with E-state index >= 15 is 0 Å². The fraction of sp³-hybridized carbons (Fsp3) is 0.0714. The van der Waals surface area contributed by atoms with Crippen molar-refractivity contribution in [3.63, 3.8) is 0 Å². The number of carboxylic acid groups (broad SMARTS) is 1. The van der Waals surface area contributed by atoms with Crippen LogP contribution < -0.4 is 5.32 Å². The maximum atomic E-state index is 13.8. The molecule has 0 aliphatic rings. The zero-order valence-corrected chi connectivity index (χ0v) is 11.7. The SMILES string of the molecule is O=C(O)C(Nc1ccc(F)cc1)c1cc(Br)ccc1F. The van der Waals surface area contributed by atoms with E-state index in [9.17, 15) is 18.7 Å². The van der Waals surface area contributed by atoms with Gasteiger partial charge in [0.15, 0.2) is 6.04 Å². The lowest BCUT2D eigenvalue weighted by Crippen LogP contribution is -2.21. The highest BCUT2D eigenvalue weighted by molar-refractivity contribution is 9.10. The van der Waals surface area contributed by atoms with Gasteiger partial charge in [-0.15, -0.1) is 0 Å². The molecule has 0 aliphatic heterocycles. The average Bonchev–Trinajstić information content (AvgIpc) is 2.41. The largest absolute Gasteiger partial charge is 0.479 e. The third-order valence-electron chi connectivity index (χ3n) is 2.67. The van der Waals surface area contributed by atoms with Crippen LogP contribution in [-0.4, -0.2) is 11.1 Å². The van der Waals surface area contributed by atoms with Gasteiger partial charge in [0.25, 0.3) is 0 Å². The standard InChI is InChI=1S/C14H10BrF2NO2/c15-8-1-6-12(17)11(7-8)13(14(19)20)18-10-4-2-9(16)3-5-10/h1-7,13,18H,(H,19,20). The summed E-state index contributed by atoms with van der Waals surface area (Å²) >= 11 is 3.17. The van der Waals surface area contributed by atoms with E-state index in [0.29, 0.717) is 10.2 Å². The van der Waals surface area contributed by atoms with Crippen molar-refractivity contribution in [2.24, 2.45) is 0 Å². The molecule has 1 unspecified atom stereocenters. The van der Waals surface area contributed by atoms with Gasteiger partial charge in [-0.25, -0.2) is 13.6 Å². The quantitative estimate of drug-likeness (QED) is 0.884. The Bertz CT molecular complexity index is 632. The molecule has 0 heterocycles. The summed E-state index contributed by atoms with van der Waals surface area (Å²) in [7, 11) is 0. The molecule has 0 radical (unpaired) electrons. The van der Waals surface area contributed by atoms with E-state index in [-0.39, 0.29) is 5.56 Å². The molecule has 2 rings (SSSR count). The van der Waals surface area contributed by atoms with Crippen LogP contribution in [0.15, 0.2) is 46.9 Å². The van der Waals surface area contributed by atoms with E-state index in [1.807, 2.05) is 0 Å². The molecule has 2 aromatic carbocycles. The number of anilines is 1. The Labute approximate surface area is 122 Å². The summed E-state index contributed by atoms with van der Waals surface area (Å²) < 4.78 is 27.1. The van der Waals surface area contributed by atoms with Crippen LogP contribution in [0.4, 0.5) is 14.5 Å². The summed E-state index contributed by atoms with van der Waals surface area (Å²) in [5.41, 5.74) is 0.384. The summed E-state index contributed by atoms with van der Waals surface area (Å²) in [6.07, 6.45) is 0. The van der Waals surface area contributed by atoms with Crippen LogP contribution in [0.1, 0.15) is 11.6 Å². The molecule has 3 nitrogen and oxygen atoms in total. The molecule has 0 saturated carbocycles. The average molecular weight is 342 g/mol. The molecule has 0 fully saturated rings. The maximum Gasteiger partial charge on any atom is 0.330 e. The lowest BCUT2D eigenvalue weighted by atomic mass is 10.1. The normalized spacial score (nSPS) is 11.9. The van der Waals surface area contributed by atoms with Crippen LogP contribution in [0, 0.1) is 11.6 Å². The molecule has 1 atom stereocenters. The molecule has 0 bridgehead atoms. The first-order chi connectivity index (χ1) is 9.47. The smallest absolute Gasteiger partial charge is 0.330 e. The first-order valence-corrected chi connectivity index (χ1v) is 6.46. The first kappa shape index (κ1) is 14.5. The molecule has 0 spiro atoms. The number of benzene rings is 2. The first-order valence-electron chi connectivity index (χ1n) is 5.67. The fourth-order valence-corrected chi connectivity index (χ4v) is 2.10. The van der Waals surface area contributed by atoms with Gasteiger partial charge < -0.3 is 10.4 Å². The van der Waals surface area contributed by atoms with Crippen molar-refractivity contribution in [2.75, 3.05) is 5.32 Å². The molecule has 0 saturated heterocycles. The number of hydrogen-bond acceptors (Lipinski definition) is 2. The van der Waals surface area contributed by atoms with Gasteiger partial charge in [-0.05, 0) is 42.5 Å². The van der Waals surface area contributed by atoms with E-state index in [4.69, 9.17) is 0 Å². The van der Waals surface area contributed by atoms with Crippen molar-refractivity contribution in [1.82, 2.24) is 0 Å². The highest BCUT2D eigenvalue weighted by atomic mass is 79.9. The second-order valence-corrected chi connectivity index (χ2v) is 5.00. The van der Waals surface area contributed by atoms with Gasteiger partial charge in [0.1, 0.15) is 11.6 Å². The van der Waals surface area contributed by atoms with E-state index in [1.165, 1.54) is 42.5 Å². The van der Waals surface area contributed by atoms with Crippen LogP contribution in [-0.2, 0) is 4.79 Å². The Morgan fingerprint density at radius 1 is 1.15 bits per heavy atom. The topological polar surface area (TPSA) is 49.3 Å². The number of carbonyl (C=O) groups is 1. The van der Waals surface area contributed by atoms with Crippen LogP contribution in [0.5, 0.6) is 0 Å². The lowest BCUT2D eigenvalue weighted by Gasteiger charge is -2.17. The molecule has 2 aromatic rings. The van der Waals surface area contributed by atoms with E-state index in [0.717, 1.165) is 0 Å². The maximum absolute atomic E-state index is 13.8. The van der Waals surface area contributed by atoms with Gasteiger partial charge in [-0.1, -0.05) is 15.9 Å². The molecule has 0 aromatic heterocycles. The molecule has 6 heteroatoms. The second-order valence-electron chi connectivity index (χ2n) is 4.09. The Morgan fingerprint density at radius 3 is 2.40 bits per heavy atom. The van der Waals surface area contributed by atoms with Crippen molar-refractivity contribution in [1.29, 1.82) is 0 Å². The molecule has 20 heavy (non-hydrogen) atoms. The lowest BCUT2D eigenvalue weighted by molar-refractivity contribution is -0.138. The number of carboxylic acids is 1. The summed E-state index contributed by atoms with van der Waals surface area (Å²) in [5.74, 6) is -2.29. The fourth-order valence-electron chi connectivity index (χ4n) is 1.72. The van der Waals surface area contributed by atoms with Gasteiger partial charge in [-0.2, -0.15) is 0 Å². The monoisotopic (exact) mass is 341 g/mol. The third-order valence-corrected chi connectivity index (χ3v) is 3.16. The predicted molar refractivity (Wildman–Crippen MR) is 74.5 cm³/mol. The minimum atomic E-state index is -1.27. The summed E-state index contributed by atoms with van der Waals surface area (Å²) in [5, 5.41) is 11.9. The van der Waals surface area contributed by atoms with Crippen LogP contribution >= 0.6 is 15.9 Å². The van der Waals surface area contributed by atoms with Crippen molar-refractivity contribution in [3.05, 3.63) is 64.1 Å². The summed E-state index contributed by atoms with van der Waals surface area (Å²) in [4.78, 5) is 11.3. The van der Waals surface area contributed by atoms with Crippen molar-refractivity contribution < 1.29 is 18.7 Å². The van der Waals surface area contributed by atoms with Crippen molar-refractivity contribution in [2.45, 2.75) is 6.04 Å². The summed E-state index contributed by atoms with van der Waals surface area (Å²) in [6, 6.07) is 7.96. The molecule has 104 valence electrons. The van der Waals surface area contributed by atoms with E-state index < -0.39 is 23.6 Å². The van der Waals surface area contributed by atoms with E-state index in [1.54, 1.807) is 0 Å². The highest BCUT2D eigenvalue weighted by Crippen LogP contribution is 2.25. The number of rotatable bonds is 4. The van der Waals surface area contributed by atoms with E-state index in [2.05, 4.69) is 21.2 Å².